The number of hydrogen-bond acceptors (Lipinski definition) is 3. The second kappa shape index (κ2) is 8.64. The highest BCUT2D eigenvalue weighted by molar-refractivity contribution is 9.10. The lowest BCUT2D eigenvalue weighted by Crippen LogP contribution is -2.34. The quantitative estimate of drug-likeness (QED) is 0.684. The molecule has 2 aromatic rings. The Morgan fingerprint density at radius 3 is 2.50 bits per heavy atom. The van der Waals surface area contributed by atoms with Crippen molar-refractivity contribution < 1.29 is 4.79 Å². The van der Waals surface area contributed by atoms with Crippen LogP contribution in [0.1, 0.15) is 30.1 Å². The molecule has 0 aliphatic carbocycles. The van der Waals surface area contributed by atoms with E-state index in [-0.39, 0.29) is 11.0 Å². The molecule has 1 aliphatic heterocycles. The molecule has 0 aromatic heterocycles. The molecule has 0 bridgehead atoms. The number of hydrogen-bond donors (Lipinski definition) is 2. The largest absolute Gasteiger partial charge is 0.372 e. The summed E-state index contributed by atoms with van der Waals surface area (Å²) in [5.74, 6) is 0.585. The zero-order chi connectivity index (χ0) is 18.5. The number of nitrogens with one attached hydrogen (secondary N) is 2. The van der Waals surface area contributed by atoms with Crippen molar-refractivity contribution in [1.82, 2.24) is 5.32 Å². The highest BCUT2D eigenvalue weighted by atomic mass is 79.9. The smallest absolute Gasteiger partial charge is 0.257 e. The van der Waals surface area contributed by atoms with E-state index in [0.29, 0.717) is 5.56 Å². The SMILES string of the molecule is CC1CCN(c2ccc(NC(=S)NC(=O)c3cccc(Br)c3)cc2)CC1. The molecule has 1 amide bonds. The van der Waals surface area contributed by atoms with E-state index in [1.165, 1.54) is 18.5 Å². The van der Waals surface area contributed by atoms with E-state index in [9.17, 15) is 4.79 Å². The van der Waals surface area contributed by atoms with Gasteiger partial charge in [-0.2, -0.15) is 0 Å². The van der Waals surface area contributed by atoms with Crippen LogP contribution < -0.4 is 15.5 Å². The molecular weight excluding hydrogens is 410 g/mol. The molecule has 0 saturated carbocycles. The first-order valence-corrected chi connectivity index (χ1v) is 9.94. The monoisotopic (exact) mass is 431 g/mol. The van der Waals surface area contributed by atoms with Crippen LogP contribution in [0.25, 0.3) is 0 Å². The van der Waals surface area contributed by atoms with E-state index >= 15 is 0 Å². The van der Waals surface area contributed by atoms with Gasteiger partial charge in [0.1, 0.15) is 0 Å². The molecule has 2 N–H and O–H groups in total. The van der Waals surface area contributed by atoms with Crippen LogP contribution in [0.3, 0.4) is 0 Å². The van der Waals surface area contributed by atoms with Crippen molar-refractivity contribution in [2.45, 2.75) is 19.8 Å². The van der Waals surface area contributed by atoms with Gasteiger partial charge in [-0.15, -0.1) is 0 Å². The second-order valence-corrected chi connectivity index (χ2v) is 7.96. The summed E-state index contributed by atoms with van der Waals surface area (Å²) in [6.07, 6.45) is 2.48. The summed E-state index contributed by atoms with van der Waals surface area (Å²) in [7, 11) is 0. The minimum absolute atomic E-state index is 0.233. The number of anilines is 2. The van der Waals surface area contributed by atoms with Gasteiger partial charge in [-0.25, -0.2) is 0 Å². The molecule has 0 atom stereocenters. The van der Waals surface area contributed by atoms with Gasteiger partial charge in [-0.3, -0.25) is 10.1 Å². The maximum Gasteiger partial charge on any atom is 0.257 e. The van der Waals surface area contributed by atoms with Crippen LogP contribution in [-0.4, -0.2) is 24.1 Å². The molecule has 0 radical (unpaired) electrons. The topological polar surface area (TPSA) is 44.4 Å². The van der Waals surface area contributed by atoms with Gasteiger partial charge in [-0.05, 0) is 73.4 Å². The molecule has 4 nitrogen and oxygen atoms in total. The summed E-state index contributed by atoms with van der Waals surface area (Å²) in [4.78, 5) is 14.6. The summed E-state index contributed by atoms with van der Waals surface area (Å²) < 4.78 is 0.853. The van der Waals surface area contributed by atoms with Crippen molar-refractivity contribution in [1.29, 1.82) is 0 Å². The lowest BCUT2D eigenvalue weighted by Gasteiger charge is -2.32. The Kier molecular flexibility index (Phi) is 6.27. The summed E-state index contributed by atoms with van der Waals surface area (Å²) in [5, 5.41) is 6.06. The van der Waals surface area contributed by atoms with Crippen LogP contribution in [-0.2, 0) is 0 Å². The van der Waals surface area contributed by atoms with Crippen molar-refractivity contribution in [3.05, 3.63) is 58.6 Å². The summed E-state index contributed by atoms with van der Waals surface area (Å²) in [6.45, 7) is 4.53. The average molecular weight is 432 g/mol. The highest BCUT2D eigenvalue weighted by Crippen LogP contribution is 2.24. The molecule has 26 heavy (non-hydrogen) atoms. The first-order chi connectivity index (χ1) is 12.5. The predicted molar refractivity (Wildman–Crippen MR) is 115 cm³/mol. The third kappa shape index (κ3) is 5.05. The Morgan fingerprint density at radius 2 is 1.85 bits per heavy atom. The van der Waals surface area contributed by atoms with Crippen molar-refractivity contribution >= 4 is 50.5 Å². The summed E-state index contributed by atoms with van der Waals surface area (Å²) >= 11 is 8.61. The third-order valence-electron chi connectivity index (χ3n) is 4.59. The van der Waals surface area contributed by atoms with Crippen LogP contribution >= 0.6 is 28.1 Å². The fourth-order valence-electron chi connectivity index (χ4n) is 2.99. The van der Waals surface area contributed by atoms with Gasteiger partial charge in [-0.1, -0.05) is 28.9 Å². The van der Waals surface area contributed by atoms with Crippen molar-refractivity contribution in [2.75, 3.05) is 23.3 Å². The van der Waals surface area contributed by atoms with E-state index in [1.54, 1.807) is 12.1 Å². The van der Waals surface area contributed by atoms with Crippen LogP contribution in [0, 0.1) is 5.92 Å². The number of thiocarbonyl (C=S) groups is 1. The van der Waals surface area contributed by atoms with E-state index in [4.69, 9.17) is 12.2 Å². The molecule has 0 spiro atoms. The minimum Gasteiger partial charge on any atom is -0.372 e. The lowest BCUT2D eigenvalue weighted by atomic mass is 9.99. The van der Waals surface area contributed by atoms with Crippen LogP contribution in [0.15, 0.2) is 53.0 Å². The highest BCUT2D eigenvalue weighted by Gasteiger charge is 2.16. The number of piperidine rings is 1. The van der Waals surface area contributed by atoms with Gasteiger partial charge in [0.05, 0.1) is 0 Å². The number of halogens is 1. The predicted octanol–water partition coefficient (Wildman–Crippen LogP) is 4.81. The fraction of sp³-hybridized carbons (Fsp3) is 0.300. The van der Waals surface area contributed by atoms with Gasteiger partial charge in [0.2, 0.25) is 0 Å². The number of carbonyl (C=O) groups excluding carboxylic acids is 1. The van der Waals surface area contributed by atoms with Crippen molar-refractivity contribution in [3.63, 3.8) is 0 Å². The molecule has 3 rings (SSSR count). The zero-order valence-corrected chi connectivity index (χ0v) is 17.1. The van der Waals surface area contributed by atoms with E-state index in [2.05, 4.69) is 50.5 Å². The molecule has 0 unspecified atom stereocenters. The molecule has 1 aliphatic rings. The van der Waals surface area contributed by atoms with Gasteiger partial charge >= 0.3 is 0 Å². The fourth-order valence-corrected chi connectivity index (χ4v) is 3.60. The Morgan fingerprint density at radius 1 is 1.15 bits per heavy atom. The molecule has 1 fully saturated rings. The van der Waals surface area contributed by atoms with Crippen LogP contribution in [0.5, 0.6) is 0 Å². The standard InChI is InChI=1S/C20H22BrN3OS/c1-14-9-11-24(12-10-14)18-7-5-17(6-8-18)22-20(26)23-19(25)15-3-2-4-16(21)13-15/h2-8,13-14H,9-12H2,1H3,(H2,22,23,25,26). The van der Waals surface area contributed by atoms with Gasteiger partial charge < -0.3 is 10.2 Å². The maximum absolute atomic E-state index is 12.2. The number of nitrogens with zero attached hydrogens (tertiary/aromatic N) is 1. The van der Waals surface area contributed by atoms with Gasteiger partial charge in [0, 0.05) is 34.5 Å². The maximum atomic E-state index is 12.2. The zero-order valence-electron chi connectivity index (χ0n) is 14.7. The Bertz CT molecular complexity index is 786. The van der Waals surface area contributed by atoms with Gasteiger partial charge in [0.15, 0.2) is 5.11 Å². The third-order valence-corrected chi connectivity index (χ3v) is 5.29. The molecule has 136 valence electrons. The van der Waals surface area contributed by atoms with Crippen LogP contribution in [0.2, 0.25) is 0 Å². The average Bonchev–Trinajstić information content (AvgIpc) is 2.63. The van der Waals surface area contributed by atoms with Crippen molar-refractivity contribution in [3.8, 4) is 0 Å². The molecule has 2 aromatic carbocycles. The Hall–Kier alpha value is -1.92. The normalized spacial score (nSPS) is 14.8. The second-order valence-electron chi connectivity index (χ2n) is 6.64. The molecule has 1 saturated heterocycles. The molecule has 6 heteroatoms. The number of amides is 1. The summed E-state index contributed by atoms with van der Waals surface area (Å²) in [6, 6.07) is 15.4. The lowest BCUT2D eigenvalue weighted by molar-refractivity contribution is 0.0977. The van der Waals surface area contributed by atoms with Crippen LogP contribution in [0.4, 0.5) is 11.4 Å². The molecule has 1 heterocycles. The summed E-state index contributed by atoms with van der Waals surface area (Å²) in [5.41, 5.74) is 2.64. The van der Waals surface area contributed by atoms with E-state index in [0.717, 1.165) is 29.2 Å². The van der Waals surface area contributed by atoms with E-state index < -0.39 is 0 Å². The first kappa shape index (κ1) is 18.9. The number of carbonyl (C=O) groups is 1. The minimum atomic E-state index is -0.233. The Balaban J connectivity index is 1.55. The van der Waals surface area contributed by atoms with Gasteiger partial charge in [0.25, 0.3) is 5.91 Å². The molecular formula is C20H22BrN3OS. The first-order valence-electron chi connectivity index (χ1n) is 8.74. The number of rotatable bonds is 3. The van der Waals surface area contributed by atoms with E-state index in [1.807, 2.05) is 24.3 Å². The Labute approximate surface area is 168 Å². The number of benzene rings is 2. The van der Waals surface area contributed by atoms with Crippen molar-refractivity contribution in [2.24, 2.45) is 5.92 Å².